The molecule has 0 saturated heterocycles. The second-order valence-corrected chi connectivity index (χ2v) is 8.41. The smallest absolute Gasteiger partial charge is 0.234 e. The lowest BCUT2D eigenvalue weighted by Crippen LogP contribution is -2.15. The summed E-state index contributed by atoms with van der Waals surface area (Å²) in [4.78, 5) is 12.6. The summed E-state index contributed by atoms with van der Waals surface area (Å²) in [5.41, 5.74) is 4.51. The van der Waals surface area contributed by atoms with Gasteiger partial charge in [0.15, 0.2) is 0 Å². The maximum absolute atomic E-state index is 12.6. The van der Waals surface area contributed by atoms with Crippen LogP contribution in [0.25, 0.3) is 22.0 Å². The summed E-state index contributed by atoms with van der Waals surface area (Å²) in [6.07, 6.45) is 0. The number of aromatic nitrogens is 2. The summed E-state index contributed by atoms with van der Waals surface area (Å²) in [6.45, 7) is 3.91. The number of rotatable bonds is 5. The van der Waals surface area contributed by atoms with Crippen LogP contribution in [0.4, 0.5) is 5.69 Å². The number of hydrogen-bond acceptors (Lipinski definition) is 4. The van der Waals surface area contributed by atoms with Crippen molar-refractivity contribution in [3.63, 3.8) is 0 Å². The fourth-order valence-electron chi connectivity index (χ4n) is 3.38. The molecule has 0 radical (unpaired) electrons. The Balaban J connectivity index is 1.56. The molecular weight excluding hydrogens is 414 g/mol. The lowest BCUT2D eigenvalue weighted by Gasteiger charge is -2.12. The van der Waals surface area contributed by atoms with E-state index in [9.17, 15) is 4.79 Å². The number of fused-ring (bicyclic) bond motifs is 1. The van der Waals surface area contributed by atoms with Gasteiger partial charge in [0.05, 0.1) is 16.5 Å². The van der Waals surface area contributed by atoms with Crippen LogP contribution in [0.5, 0.6) is 0 Å². The fraction of sp³-hybridized carbons (Fsp3) is 0.125. The van der Waals surface area contributed by atoms with Gasteiger partial charge in [0.2, 0.25) is 5.91 Å². The molecular formula is C24H20ClN3OS. The first-order chi connectivity index (χ1) is 14.5. The fourth-order valence-corrected chi connectivity index (χ4v) is 4.52. The molecule has 0 aliphatic heterocycles. The number of nitrogens with zero attached hydrogens (tertiary/aromatic N) is 2. The molecule has 1 N–H and O–H groups in total. The third-order valence-electron chi connectivity index (χ3n) is 4.74. The van der Waals surface area contributed by atoms with E-state index in [0.29, 0.717) is 10.7 Å². The first-order valence-electron chi connectivity index (χ1n) is 9.53. The van der Waals surface area contributed by atoms with Crippen LogP contribution in [-0.2, 0) is 4.79 Å². The van der Waals surface area contributed by atoms with Crippen molar-refractivity contribution < 1.29 is 4.79 Å². The number of carbonyl (C=O) groups excluding carboxylic acids is 1. The molecule has 0 fully saturated rings. The van der Waals surface area contributed by atoms with Crippen LogP contribution in [-0.4, -0.2) is 21.9 Å². The number of amides is 1. The van der Waals surface area contributed by atoms with Gasteiger partial charge in [-0.25, -0.2) is 0 Å². The maximum atomic E-state index is 12.6. The summed E-state index contributed by atoms with van der Waals surface area (Å²) in [5.74, 6) is 0.0828. The minimum absolute atomic E-state index is 0.133. The highest BCUT2D eigenvalue weighted by Gasteiger charge is 2.14. The van der Waals surface area contributed by atoms with Crippen molar-refractivity contribution in [1.29, 1.82) is 0 Å². The number of carbonyl (C=O) groups is 1. The Morgan fingerprint density at radius 1 is 0.967 bits per heavy atom. The normalized spacial score (nSPS) is 10.9. The second-order valence-electron chi connectivity index (χ2n) is 7.04. The van der Waals surface area contributed by atoms with E-state index >= 15 is 0 Å². The van der Waals surface area contributed by atoms with Crippen molar-refractivity contribution >= 4 is 45.7 Å². The molecule has 0 bridgehead atoms. The summed E-state index contributed by atoms with van der Waals surface area (Å²) >= 11 is 7.67. The summed E-state index contributed by atoms with van der Waals surface area (Å²) in [6, 6.07) is 21.8. The van der Waals surface area contributed by atoms with Crippen LogP contribution in [0.2, 0.25) is 5.02 Å². The van der Waals surface area contributed by atoms with Crippen molar-refractivity contribution in [2.75, 3.05) is 11.1 Å². The maximum Gasteiger partial charge on any atom is 0.234 e. The van der Waals surface area contributed by atoms with Gasteiger partial charge in [0.1, 0.15) is 10.7 Å². The first-order valence-corrected chi connectivity index (χ1v) is 10.9. The zero-order valence-corrected chi connectivity index (χ0v) is 18.2. The van der Waals surface area contributed by atoms with Gasteiger partial charge in [0, 0.05) is 16.3 Å². The number of nitrogens with one attached hydrogen (secondary N) is 1. The standard InChI is InChI=1S/C24H20ClN3OS/c1-15-12-16(2)22(20(25)13-15)26-21(29)14-30-24-19-11-7-6-10-18(19)23(27-28-24)17-8-4-3-5-9-17/h3-13H,14H2,1-2H3,(H,26,29). The van der Waals surface area contributed by atoms with Gasteiger partial charge in [-0.2, -0.15) is 0 Å². The van der Waals surface area contributed by atoms with Gasteiger partial charge < -0.3 is 5.32 Å². The lowest BCUT2D eigenvalue weighted by atomic mass is 10.1. The van der Waals surface area contributed by atoms with E-state index < -0.39 is 0 Å². The Bertz CT molecular complexity index is 1200. The van der Waals surface area contributed by atoms with Crippen LogP contribution >= 0.6 is 23.4 Å². The minimum atomic E-state index is -0.133. The Hall–Kier alpha value is -2.89. The Kier molecular flexibility index (Phi) is 6.02. The third-order valence-corrected chi connectivity index (χ3v) is 6.02. The molecule has 1 aromatic heterocycles. The number of thioether (sulfide) groups is 1. The average Bonchev–Trinajstić information content (AvgIpc) is 2.75. The largest absolute Gasteiger partial charge is 0.324 e. The number of aryl methyl sites for hydroxylation is 2. The highest BCUT2D eigenvalue weighted by molar-refractivity contribution is 8.00. The molecule has 3 aromatic carbocycles. The minimum Gasteiger partial charge on any atom is -0.324 e. The van der Waals surface area contributed by atoms with E-state index in [0.717, 1.165) is 38.2 Å². The van der Waals surface area contributed by atoms with Crippen molar-refractivity contribution in [3.05, 3.63) is 82.9 Å². The van der Waals surface area contributed by atoms with E-state index in [2.05, 4.69) is 15.5 Å². The molecule has 0 spiro atoms. The third kappa shape index (κ3) is 4.32. The van der Waals surface area contributed by atoms with Crippen LogP contribution < -0.4 is 5.32 Å². The Labute approximate surface area is 184 Å². The first kappa shape index (κ1) is 20.4. The molecule has 1 heterocycles. The predicted octanol–water partition coefficient (Wildman–Crippen LogP) is 6.30. The van der Waals surface area contributed by atoms with Crippen molar-refractivity contribution in [3.8, 4) is 11.3 Å². The summed E-state index contributed by atoms with van der Waals surface area (Å²) in [5, 5.41) is 15.1. The molecule has 0 saturated carbocycles. The van der Waals surface area contributed by atoms with Crippen LogP contribution in [0.15, 0.2) is 71.8 Å². The Morgan fingerprint density at radius 3 is 2.40 bits per heavy atom. The predicted molar refractivity (Wildman–Crippen MR) is 125 cm³/mol. The number of anilines is 1. The molecule has 6 heteroatoms. The SMILES string of the molecule is Cc1cc(C)c(NC(=O)CSc2nnc(-c3ccccc3)c3ccccc23)c(Cl)c1. The zero-order valence-electron chi connectivity index (χ0n) is 16.6. The number of benzene rings is 3. The van der Waals surface area contributed by atoms with E-state index in [1.54, 1.807) is 0 Å². The van der Waals surface area contributed by atoms with Gasteiger partial charge >= 0.3 is 0 Å². The molecule has 1 amide bonds. The summed E-state index contributed by atoms with van der Waals surface area (Å²) < 4.78 is 0. The molecule has 4 nitrogen and oxygen atoms in total. The average molecular weight is 434 g/mol. The van der Waals surface area contributed by atoms with Gasteiger partial charge in [-0.15, -0.1) is 10.2 Å². The quantitative estimate of drug-likeness (QED) is 0.375. The van der Waals surface area contributed by atoms with E-state index in [1.807, 2.05) is 80.6 Å². The second kappa shape index (κ2) is 8.86. The van der Waals surface area contributed by atoms with Crippen LogP contribution in [0.1, 0.15) is 11.1 Å². The molecule has 0 aliphatic rings. The molecule has 4 rings (SSSR count). The topological polar surface area (TPSA) is 54.9 Å². The van der Waals surface area contributed by atoms with E-state index in [4.69, 9.17) is 11.6 Å². The van der Waals surface area contributed by atoms with Crippen LogP contribution in [0.3, 0.4) is 0 Å². The van der Waals surface area contributed by atoms with Crippen LogP contribution in [0, 0.1) is 13.8 Å². The van der Waals surface area contributed by atoms with E-state index in [-0.39, 0.29) is 11.7 Å². The molecule has 0 aliphatic carbocycles. The van der Waals surface area contributed by atoms with Crippen molar-refractivity contribution in [2.24, 2.45) is 0 Å². The van der Waals surface area contributed by atoms with Gasteiger partial charge in [0.25, 0.3) is 0 Å². The van der Waals surface area contributed by atoms with Gasteiger partial charge in [-0.1, -0.05) is 84.0 Å². The molecule has 0 unspecified atom stereocenters. The van der Waals surface area contributed by atoms with Crippen molar-refractivity contribution in [2.45, 2.75) is 18.9 Å². The van der Waals surface area contributed by atoms with Gasteiger partial charge in [-0.05, 0) is 31.0 Å². The highest BCUT2D eigenvalue weighted by Crippen LogP contribution is 2.32. The molecule has 150 valence electrons. The van der Waals surface area contributed by atoms with E-state index in [1.165, 1.54) is 11.8 Å². The monoisotopic (exact) mass is 433 g/mol. The zero-order chi connectivity index (χ0) is 21.1. The number of halogens is 1. The lowest BCUT2D eigenvalue weighted by molar-refractivity contribution is -0.113. The highest BCUT2D eigenvalue weighted by atomic mass is 35.5. The number of hydrogen-bond donors (Lipinski definition) is 1. The molecule has 4 aromatic rings. The molecule has 0 atom stereocenters. The molecule has 30 heavy (non-hydrogen) atoms. The Morgan fingerprint density at radius 2 is 1.67 bits per heavy atom. The summed E-state index contributed by atoms with van der Waals surface area (Å²) in [7, 11) is 0. The van der Waals surface area contributed by atoms with Gasteiger partial charge in [-0.3, -0.25) is 4.79 Å². The van der Waals surface area contributed by atoms with Crippen molar-refractivity contribution in [1.82, 2.24) is 10.2 Å².